The molecule has 0 unspecified atom stereocenters. The van der Waals surface area contributed by atoms with Crippen molar-refractivity contribution in [1.29, 1.82) is 0 Å². The van der Waals surface area contributed by atoms with Gasteiger partial charge in [-0.1, -0.05) is 11.6 Å². The highest BCUT2D eigenvalue weighted by Crippen LogP contribution is 2.34. The van der Waals surface area contributed by atoms with Crippen molar-refractivity contribution in [3.8, 4) is 11.1 Å². The van der Waals surface area contributed by atoms with E-state index in [1.54, 1.807) is 23.5 Å². The first kappa shape index (κ1) is 9.82. The Balaban J connectivity index is 2.55. The summed E-state index contributed by atoms with van der Waals surface area (Å²) < 4.78 is 1.14. The minimum Gasteiger partial charge on any atom is -0.290 e. The van der Waals surface area contributed by atoms with Crippen LogP contribution in [0.25, 0.3) is 21.2 Å². The highest BCUT2D eigenvalue weighted by atomic mass is 35.5. The van der Waals surface area contributed by atoms with Crippen molar-refractivity contribution in [1.82, 2.24) is 0 Å². The van der Waals surface area contributed by atoms with Crippen molar-refractivity contribution < 1.29 is 0 Å². The van der Waals surface area contributed by atoms with Gasteiger partial charge < -0.3 is 0 Å². The lowest BCUT2D eigenvalue weighted by atomic mass is 10.0. The topological polar surface area (TPSA) is 17.1 Å². The van der Waals surface area contributed by atoms with Crippen molar-refractivity contribution in [3.05, 3.63) is 57.0 Å². The molecule has 0 aromatic heterocycles. The lowest BCUT2D eigenvalue weighted by Crippen LogP contribution is -1.97. The molecule has 0 saturated heterocycles. The van der Waals surface area contributed by atoms with Crippen LogP contribution in [-0.2, 0) is 0 Å². The second-order valence-corrected chi connectivity index (χ2v) is 4.97. The van der Waals surface area contributed by atoms with E-state index in [9.17, 15) is 4.79 Å². The van der Waals surface area contributed by atoms with Crippen molar-refractivity contribution in [2.45, 2.75) is 0 Å². The van der Waals surface area contributed by atoms with Crippen LogP contribution in [0.2, 0.25) is 5.02 Å². The van der Waals surface area contributed by atoms with Gasteiger partial charge >= 0.3 is 0 Å². The van der Waals surface area contributed by atoms with Crippen LogP contribution in [0.5, 0.6) is 0 Å². The van der Waals surface area contributed by atoms with Crippen molar-refractivity contribution in [2.24, 2.45) is 0 Å². The molecule has 1 aliphatic heterocycles. The SMILES string of the molecule is O=c1ccc2csc3ccc(Cl)cc3c-2c1. The van der Waals surface area contributed by atoms with Crippen LogP contribution < -0.4 is 5.43 Å². The zero-order chi connectivity index (χ0) is 11.1. The molecular weight excluding hydrogens is 240 g/mol. The summed E-state index contributed by atoms with van der Waals surface area (Å²) in [5.74, 6) is 0. The summed E-state index contributed by atoms with van der Waals surface area (Å²) >= 11 is 7.65. The van der Waals surface area contributed by atoms with E-state index in [1.807, 2.05) is 24.3 Å². The molecule has 1 aromatic carbocycles. The molecule has 0 N–H and O–H groups in total. The zero-order valence-electron chi connectivity index (χ0n) is 8.24. The van der Waals surface area contributed by atoms with E-state index in [0.717, 1.165) is 21.2 Å². The first-order valence-electron chi connectivity index (χ1n) is 4.85. The van der Waals surface area contributed by atoms with E-state index in [2.05, 4.69) is 5.38 Å². The lowest BCUT2D eigenvalue weighted by Gasteiger charge is -2.07. The molecule has 78 valence electrons. The average Bonchev–Trinajstić information content (AvgIpc) is 2.29. The van der Waals surface area contributed by atoms with Gasteiger partial charge in [0.25, 0.3) is 0 Å². The molecule has 0 fully saturated rings. The first-order chi connectivity index (χ1) is 7.74. The predicted octanol–water partition coefficient (Wildman–Crippen LogP) is 4.02. The molecular formula is C13H7ClOS. The number of benzene rings is 2. The molecule has 1 aromatic rings. The number of rotatable bonds is 0. The highest BCUT2D eigenvalue weighted by molar-refractivity contribution is 7.17. The minimum atomic E-state index is 0.0324. The Labute approximate surface area is 101 Å². The van der Waals surface area contributed by atoms with Crippen molar-refractivity contribution in [3.63, 3.8) is 0 Å². The van der Waals surface area contributed by atoms with Crippen molar-refractivity contribution in [2.75, 3.05) is 0 Å². The predicted molar refractivity (Wildman–Crippen MR) is 69.7 cm³/mol. The normalized spacial score (nSPS) is 11.1. The molecule has 0 saturated carbocycles. The van der Waals surface area contributed by atoms with Gasteiger partial charge in [0, 0.05) is 15.1 Å². The Hall–Kier alpha value is -1.38. The summed E-state index contributed by atoms with van der Waals surface area (Å²) in [6.07, 6.45) is 0. The highest BCUT2D eigenvalue weighted by Gasteiger charge is 2.07. The fraction of sp³-hybridized carbons (Fsp3) is 0. The third-order valence-corrected chi connectivity index (χ3v) is 3.79. The molecule has 2 aliphatic rings. The standard InChI is InChI=1S/C13H7ClOS/c14-9-2-4-13-12(5-9)11-6-10(15)3-1-8(11)7-16-13/h1-7H. The number of hydrogen-bond donors (Lipinski definition) is 0. The van der Waals surface area contributed by atoms with Gasteiger partial charge in [-0.2, -0.15) is 0 Å². The second kappa shape index (κ2) is 3.58. The number of halogens is 1. The smallest absolute Gasteiger partial charge is 0.179 e. The summed E-state index contributed by atoms with van der Waals surface area (Å²) in [5.41, 5.74) is 2.09. The van der Waals surface area contributed by atoms with E-state index in [0.29, 0.717) is 5.02 Å². The van der Waals surface area contributed by atoms with Crippen LogP contribution in [0, 0.1) is 0 Å². The Morgan fingerprint density at radius 1 is 1.06 bits per heavy atom. The Morgan fingerprint density at radius 3 is 2.81 bits per heavy atom. The van der Waals surface area contributed by atoms with Gasteiger partial charge in [-0.25, -0.2) is 0 Å². The Bertz CT molecular complexity index is 702. The van der Waals surface area contributed by atoms with Gasteiger partial charge in [0.05, 0.1) is 0 Å². The number of hydrogen-bond acceptors (Lipinski definition) is 2. The molecule has 0 amide bonds. The summed E-state index contributed by atoms with van der Waals surface area (Å²) in [6, 6.07) is 10.9. The fourth-order valence-corrected chi connectivity index (χ4v) is 2.89. The Kier molecular flexibility index (Phi) is 2.20. The summed E-state index contributed by atoms with van der Waals surface area (Å²) in [6.45, 7) is 0. The van der Waals surface area contributed by atoms with Crippen LogP contribution >= 0.6 is 22.9 Å². The zero-order valence-corrected chi connectivity index (χ0v) is 9.81. The van der Waals surface area contributed by atoms with E-state index in [1.165, 1.54) is 0 Å². The van der Waals surface area contributed by atoms with Crippen molar-refractivity contribution >= 4 is 33.0 Å². The maximum absolute atomic E-state index is 11.4. The van der Waals surface area contributed by atoms with E-state index >= 15 is 0 Å². The first-order valence-corrected chi connectivity index (χ1v) is 6.11. The molecule has 0 bridgehead atoms. The third-order valence-electron chi connectivity index (χ3n) is 2.57. The monoisotopic (exact) mass is 246 g/mol. The molecule has 0 radical (unpaired) electrons. The molecule has 0 spiro atoms. The maximum atomic E-state index is 11.4. The van der Waals surface area contributed by atoms with Gasteiger partial charge in [-0.3, -0.25) is 4.79 Å². The average molecular weight is 247 g/mol. The van der Waals surface area contributed by atoms with Crippen LogP contribution in [0.4, 0.5) is 0 Å². The minimum absolute atomic E-state index is 0.0324. The van der Waals surface area contributed by atoms with Crippen LogP contribution in [0.1, 0.15) is 0 Å². The van der Waals surface area contributed by atoms with Crippen LogP contribution in [0.15, 0.2) is 46.6 Å². The maximum Gasteiger partial charge on any atom is 0.179 e. The molecule has 1 nitrogen and oxygen atoms in total. The molecule has 1 heterocycles. The van der Waals surface area contributed by atoms with E-state index in [-0.39, 0.29) is 5.43 Å². The summed E-state index contributed by atoms with van der Waals surface area (Å²) in [4.78, 5) is 11.4. The molecule has 0 atom stereocenters. The molecule has 16 heavy (non-hydrogen) atoms. The van der Waals surface area contributed by atoms with Gasteiger partial charge in [-0.05, 0) is 52.9 Å². The largest absolute Gasteiger partial charge is 0.290 e. The molecule has 3 heteroatoms. The number of fused-ring (bicyclic) bond motifs is 3. The van der Waals surface area contributed by atoms with Crippen LogP contribution in [0.3, 0.4) is 0 Å². The molecule has 3 rings (SSSR count). The third kappa shape index (κ3) is 1.51. The fourth-order valence-electron chi connectivity index (χ4n) is 1.81. The quantitative estimate of drug-likeness (QED) is 0.548. The van der Waals surface area contributed by atoms with Gasteiger partial charge in [0.15, 0.2) is 5.43 Å². The van der Waals surface area contributed by atoms with Crippen LogP contribution in [-0.4, -0.2) is 0 Å². The van der Waals surface area contributed by atoms with E-state index in [4.69, 9.17) is 11.6 Å². The molecule has 1 aliphatic carbocycles. The second-order valence-electron chi connectivity index (χ2n) is 3.63. The lowest BCUT2D eigenvalue weighted by molar-refractivity contribution is 1.59. The summed E-state index contributed by atoms with van der Waals surface area (Å²) in [5, 5.41) is 3.81. The summed E-state index contributed by atoms with van der Waals surface area (Å²) in [7, 11) is 0. The van der Waals surface area contributed by atoms with E-state index < -0.39 is 0 Å². The van der Waals surface area contributed by atoms with Gasteiger partial charge in [-0.15, -0.1) is 11.3 Å². The van der Waals surface area contributed by atoms with Gasteiger partial charge in [0.2, 0.25) is 0 Å². The van der Waals surface area contributed by atoms with Gasteiger partial charge in [0.1, 0.15) is 0 Å². The Morgan fingerprint density at radius 2 is 1.94 bits per heavy atom.